The molecule has 0 saturated carbocycles. The van der Waals surface area contributed by atoms with Gasteiger partial charge in [-0.05, 0) is 44.9 Å². The first-order chi connectivity index (χ1) is 40.1. The molecule has 2 aliphatic heterocycles. The van der Waals surface area contributed by atoms with Crippen LogP contribution in [0.5, 0.6) is 0 Å². The van der Waals surface area contributed by atoms with Gasteiger partial charge in [0.05, 0.1) is 32.0 Å². The minimum absolute atomic E-state index is 0.248. The number of hydrogen-bond donors (Lipinski definition) is 9. The van der Waals surface area contributed by atoms with Crippen LogP contribution in [-0.2, 0) is 23.7 Å². The fourth-order valence-corrected chi connectivity index (χ4v) is 11.3. The molecular formula is C68H127NO13. The van der Waals surface area contributed by atoms with Crippen molar-refractivity contribution in [3.8, 4) is 0 Å². The number of aliphatic hydroxyl groups is 8. The number of hydrogen-bond acceptors (Lipinski definition) is 13. The first-order valence-electron chi connectivity index (χ1n) is 34.2. The molecular weight excluding hydrogens is 1040 g/mol. The van der Waals surface area contributed by atoms with Gasteiger partial charge in [0, 0.05) is 6.42 Å². The van der Waals surface area contributed by atoms with Gasteiger partial charge in [0.2, 0.25) is 5.91 Å². The van der Waals surface area contributed by atoms with E-state index < -0.39 is 86.8 Å². The zero-order valence-electron chi connectivity index (χ0n) is 52.2. The molecule has 9 N–H and O–H groups in total. The summed E-state index contributed by atoms with van der Waals surface area (Å²) in [6, 6.07) is -0.936. The molecule has 2 heterocycles. The Kier molecular flexibility index (Phi) is 49.7. The molecule has 0 spiro atoms. The standard InChI is InChI=1S/C68H127NO13/c1-3-5-7-9-11-13-15-17-19-21-23-25-26-27-28-29-30-31-32-33-35-37-39-41-43-45-47-49-51-57(72)56(69-60(73)52-50-48-46-44-42-40-38-36-34-24-22-20-18-16-14-12-10-8-6-4-2)55-79-67-65(78)63(76)66(59(54-71)81-67)82-68-64(77)62(75)61(74)58(53-70)80-68/h33,35,41,43,49,51,56-59,61-68,70-72,74-78H,3-32,34,36-40,42,44-48,50,52-55H2,1-2H3,(H,69,73)/b35-33+,43-41+,51-49+. The van der Waals surface area contributed by atoms with E-state index >= 15 is 0 Å². The van der Waals surface area contributed by atoms with Gasteiger partial charge < -0.3 is 65.1 Å². The van der Waals surface area contributed by atoms with Crippen molar-refractivity contribution < 1.29 is 64.6 Å². The molecule has 14 nitrogen and oxygen atoms in total. The summed E-state index contributed by atoms with van der Waals surface area (Å²) in [7, 11) is 0. The summed E-state index contributed by atoms with van der Waals surface area (Å²) in [6.07, 6.45) is 50.6. The van der Waals surface area contributed by atoms with Crippen LogP contribution >= 0.6 is 0 Å². The van der Waals surface area contributed by atoms with Crippen molar-refractivity contribution >= 4 is 5.91 Å². The van der Waals surface area contributed by atoms with Gasteiger partial charge >= 0.3 is 0 Å². The molecule has 2 rings (SSSR count). The van der Waals surface area contributed by atoms with Crippen LogP contribution in [0.4, 0.5) is 0 Å². The maximum atomic E-state index is 13.3. The number of unbranched alkanes of at least 4 members (excludes halogenated alkanes) is 39. The van der Waals surface area contributed by atoms with Crippen molar-refractivity contribution in [3.63, 3.8) is 0 Å². The number of ether oxygens (including phenoxy) is 4. The van der Waals surface area contributed by atoms with Crippen LogP contribution in [0.3, 0.4) is 0 Å². The van der Waals surface area contributed by atoms with E-state index in [0.717, 1.165) is 44.9 Å². The number of nitrogens with one attached hydrogen (secondary N) is 1. The van der Waals surface area contributed by atoms with Crippen LogP contribution in [0.1, 0.15) is 296 Å². The lowest BCUT2D eigenvalue weighted by Crippen LogP contribution is -2.65. The topological polar surface area (TPSA) is 228 Å². The highest BCUT2D eigenvalue weighted by molar-refractivity contribution is 5.76. The average Bonchev–Trinajstić information content (AvgIpc) is 3.52. The van der Waals surface area contributed by atoms with Gasteiger partial charge in [-0.25, -0.2) is 0 Å². The monoisotopic (exact) mass is 1170 g/mol. The first-order valence-corrected chi connectivity index (χ1v) is 34.2. The van der Waals surface area contributed by atoms with E-state index in [2.05, 4.69) is 43.5 Å². The average molecular weight is 1170 g/mol. The molecule has 0 aromatic carbocycles. The minimum atomic E-state index is -1.79. The zero-order valence-corrected chi connectivity index (χ0v) is 52.2. The lowest BCUT2D eigenvalue weighted by molar-refractivity contribution is -0.359. The fourth-order valence-electron chi connectivity index (χ4n) is 11.3. The SMILES string of the molecule is CCCCCCCCCCCCCCCCCCCC/C=C/CC/C=C/CC/C=C/C(O)C(COC1OC(CO)C(OC2OC(CO)C(O)C(O)C2O)C(O)C1O)NC(=O)CCCCCCCCCCCCCCCCCCCCCC. The van der Waals surface area contributed by atoms with Crippen LogP contribution in [0.15, 0.2) is 36.5 Å². The second-order valence-corrected chi connectivity index (χ2v) is 24.3. The second-order valence-electron chi connectivity index (χ2n) is 24.3. The number of aliphatic hydroxyl groups excluding tert-OH is 8. The lowest BCUT2D eigenvalue weighted by Gasteiger charge is -2.46. The van der Waals surface area contributed by atoms with E-state index in [1.165, 1.54) is 218 Å². The fraction of sp³-hybridized carbons (Fsp3) is 0.897. The summed E-state index contributed by atoms with van der Waals surface area (Å²) in [6.45, 7) is 2.82. The van der Waals surface area contributed by atoms with E-state index in [9.17, 15) is 45.6 Å². The molecule has 482 valence electrons. The van der Waals surface area contributed by atoms with Crippen molar-refractivity contribution in [1.82, 2.24) is 5.32 Å². The van der Waals surface area contributed by atoms with Crippen molar-refractivity contribution in [1.29, 1.82) is 0 Å². The Morgan fingerprint density at radius 1 is 0.427 bits per heavy atom. The zero-order chi connectivity index (χ0) is 59.5. The van der Waals surface area contributed by atoms with Gasteiger partial charge in [-0.1, -0.05) is 281 Å². The molecule has 0 radical (unpaired) electrons. The van der Waals surface area contributed by atoms with Gasteiger partial charge in [-0.2, -0.15) is 0 Å². The Morgan fingerprint density at radius 3 is 1.20 bits per heavy atom. The Hall–Kier alpha value is -1.79. The van der Waals surface area contributed by atoms with E-state index in [1.54, 1.807) is 6.08 Å². The van der Waals surface area contributed by atoms with Crippen LogP contribution < -0.4 is 5.32 Å². The molecule has 0 aliphatic carbocycles. The highest BCUT2D eigenvalue weighted by Gasteiger charge is 2.51. The summed E-state index contributed by atoms with van der Waals surface area (Å²) in [4.78, 5) is 13.3. The minimum Gasteiger partial charge on any atom is -0.394 e. The van der Waals surface area contributed by atoms with Gasteiger partial charge in [0.25, 0.3) is 0 Å². The number of amides is 1. The van der Waals surface area contributed by atoms with Gasteiger partial charge in [-0.15, -0.1) is 0 Å². The summed E-state index contributed by atoms with van der Waals surface area (Å²) in [5, 5.41) is 87.3. The third-order valence-electron chi connectivity index (χ3n) is 16.8. The Labute approximate surface area is 500 Å². The smallest absolute Gasteiger partial charge is 0.220 e. The molecule has 2 fully saturated rings. The molecule has 12 unspecified atom stereocenters. The maximum Gasteiger partial charge on any atom is 0.220 e. The predicted molar refractivity (Wildman–Crippen MR) is 332 cm³/mol. The molecule has 2 saturated heterocycles. The Balaban J connectivity index is 1.72. The third-order valence-corrected chi connectivity index (χ3v) is 16.8. The molecule has 1 amide bonds. The third kappa shape index (κ3) is 37.7. The number of rotatable bonds is 56. The molecule has 0 aromatic heterocycles. The van der Waals surface area contributed by atoms with Crippen LogP contribution in [0.2, 0.25) is 0 Å². The Bertz CT molecular complexity index is 1510. The Morgan fingerprint density at radius 2 is 0.780 bits per heavy atom. The van der Waals surface area contributed by atoms with E-state index in [4.69, 9.17) is 18.9 Å². The van der Waals surface area contributed by atoms with Crippen molar-refractivity contribution in [2.75, 3.05) is 19.8 Å². The highest BCUT2D eigenvalue weighted by atomic mass is 16.7. The van der Waals surface area contributed by atoms with Crippen LogP contribution in [0, 0.1) is 0 Å². The van der Waals surface area contributed by atoms with Crippen LogP contribution in [-0.4, -0.2) is 140 Å². The van der Waals surface area contributed by atoms with Crippen molar-refractivity contribution in [2.24, 2.45) is 0 Å². The second kappa shape index (κ2) is 53.4. The van der Waals surface area contributed by atoms with Crippen molar-refractivity contribution in [2.45, 2.75) is 370 Å². The largest absolute Gasteiger partial charge is 0.394 e. The summed E-state index contributed by atoms with van der Waals surface area (Å²) < 4.78 is 22.8. The maximum absolute atomic E-state index is 13.3. The highest BCUT2D eigenvalue weighted by Crippen LogP contribution is 2.30. The molecule has 12 atom stereocenters. The predicted octanol–water partition coefficient (Wildman–Crippen LogP) is 13.3. The molecule has 14 heteroatoms. The first kappa shape index (κ1) is 76.3. The molecule has 2 aliphatic rings. The van der Waals surface area contributed by atoms with Gasteiger partial charge in [-0.3, -0.25) is 4.79 Å². The van der Waals surface area contributed by atoms with Gasteiger partial charge in [0.1, 0.15) is 48.8 Å². The normalized spacial score (nSPS) is 24.1. The van der Waals surface area contributed by atoms with Gasteiger partial charge in [0.15, 0.2) is 12.6 Å². The molecule has 0 bridgehead atoms. The van der Waals surface area contributed by atoms with E-state index in [0.29, 0.717) is 12.8 Å². The summed E-state index contributed by atoms with van der Waals surface area (Å²) in [5.41, 5.74) is 0. The summed E-state index contributed by atoms with van der Waals surface area (Å²) in [5.74, 6) is -0.248. The molecule has 82 heavy (non-hydrogen) atoms. The lowest BCUT2D eigenvalue weighted by atomic mass is 9.97. The number of allylic oxidation sites excluding steroid dienone is 5. The van der Waals surface area contributed by atoms with E-state index in [-0.39, 0.29) is 18.9 Å². The van der Waals surface area contributed by atoms with Crippen LogP contribution in [0.25, 0.3) is 0 Å². The number of carbonyl (C=O) groups excluding carboxylic acids is 1. The van der Waals surface area contributed by atoms with E-state index in [1.807, 2.05) is 6.08 Å². The van der Waals surface area contributed by atoms with Crippen molar-refractivity contribution in [3.05, 3.63) is 36.5 Å². The molecule has 0 aromatic rings. The summed E-state index contributed by atoms with van der Waals surface area (Å²) >= 11 is 0. The number of carbonyl (C=O) groups is 1. The quantitative estimate of drug-likeness (QED) is 0.0204.